The predicted octanol–water partition coefficient (Wildman–Crippen LogP) is 2.58. The highest BCUT2D eigenvalue weighted by Crippen LogP contribution is 2.31. The lowest BCUT2D eigenvalue weighted by atomic mass is 10.1. The van der Waals surface area contributed by atoms with E-state index in [-0.39, 0.29) is 28.8 Å². The molecule has 3 aromatic rings. The number of amides is 2. The summed E-state index contributed by atoms with van der Waals surface area (Å²) < 4.78 is 0. The molecule has 35 heavy (non-hydrogen) atoms. The van der Waals surface area contributed by atoms with E-state index >= 15 is 0 Å². The number of carbonyl (C=O) groups excluding carboxylic acids is 2. The molecule has 1 aliphatic rings. The van der Waals surface area contributed by atoms with Crippen molar-refractivity contribution in [3.63, 3.8) is 0 Å². The molecule has 5 nitrogen and oxygen atoms in total. The average Bonchev–Trinajstić information content (AvgIpc) is 3.13. The Hall–Kier alpha value is -2.87. The number of hydrogen-bond acceptors (Lipinski definition) is 4. The first-order chi connectivity index (χ1) is 16.6. The molecule has 0 radical (unpaired) electrons. The molecule has 8 heteroatoms. The molecule has 0 spiro atoms. The number of nitrogens with zero attached hydrogens (tertiary/aromatic N) is 2. The highest BCUT2D eigenvalue weighted by molar-refractivity contribution is 8.18. The van der Waals surface area contributed by atoms with E-state index in [2.05, 4.69) is 17.4 Å². The van der Waals surface area contributed by atoms with Gasteiger partial charge in [-0.1, -0.05) is 78.3 Å². The fourth-order valence-electron chi connectivity index (χ4n) is 3.50. The van der Waals surface area contributed by atoms with E-state index in [4.69, 9.17) is 16.6 Å². The van der Waals surface area contributed by atoms with Gasteiger partial charge in [-0.25, -0.2) is 0 Å². The zero-order chi connectivity index (χ0) is 23.8. The van der Waals surface area contributed by atoms with Crippen LogP contribution in [0, 0.1) is 0 Å². The van der Waals surface area contributed by atoms with E-state index in [1.165, 1.54) is 23.4 Å². The number of nitrogens with one attached hydrogen (secondary N) is 1. The Labute approximate surface area is 225 Å². The molecule has 0 atom stereocenters. The summed E-state index contributed by atoms with van der Waals surface area (Å²) in [6.45, 7) is 1.05. The van der Waals surface area contributed by atoms with Crippen molar-refractivity contribution in [2.45, 2.75) is 12.8 Å². The first-order valence-corrected chi connectivity index (χ1v) is 12.2. The van der Waals surface area contributed by atoms with Crippen LogP contribution in [0.15, 0.2) is 101 Å². The van der Waals surface area contributed by atoms with Crippen LogP contribution >= 0.6 is 23.4 Å². The van der Waals surface area contributed by atoms with Crippen LogP contribution in [-0.2, 0) is 22.4 Å². The van der Waals surface area contributed by atoms with Crippen LogP contribution in [0.2, 0.25) is 5.02 Å². The Morgan fingerprint density at radius 3 is 2.26 bits per heavy atom. The molecule has 2 amide bonds. The largest absolute Gasteiger partial charge is 1.00 e. The smallest absolute Gasteiger partial charge is 0.266 e. The number of anilines is 1. The zero-order valence-corrected chi connectivity index (χ0v) is 22.0. The van der Waals surface area contributed by atoms with Crippen LogP contribution < -0.4 is 22.3 Å². The van der Waals surface area contributed by atoms with Crippen LogP contribution in [0.1, 0.15) is 11.1 Å². The normalized spacial score (nSPS) is 15.3. The summed E-state index contributed by atoms with van der Waals surface area (Å²) in [5.74, 6) is -0.590. The highest BCUT2D eigenvalue weighted by atomic mass is 79.9. The maximum Gasteiger partial charge on any atom is 0.266 e. The lowest BCUT2D eigenvalue weighted by Crippen LogP contribution is -3.00. The van der Waals surface area contributed by atoms with Gasteiger partial charge < -0.3 is 22.3 Å². The maximum absolute atomic E-state index is 13.2. The van der Waals surface area contributed by atoms with Crippen LogP contribution in [-0.4, -0.2) is 35.0 Å². The summed E-state index contributed by atoms with van der Waals surface area (Å²) in [5.41, 5.74) is 2.90. The van der Waals surface area contributed by atoms with E-state index in [0.717, 1.165) is 12.0 Å². The second-order valence-electron chi connectivity index (χ2n) is 7.70. The molecule has 0 aliphatic carbocycles. The van der Waals surface area contributed by atoms with E-state index in [1.54, 1.807) is 29.2 Å². The monoisotopic (exact) mass is 568 g/mol. The third kappa shape index (κ3) is 7.82. The van der Waals surface area contributed by atoms with Crippen molar-refractivity contribution in [3.05, 3.63) is 112 Å². The lowest BCUT2D eigenvalue weighted by molar-refractivity contribution is -0.122. The number of rotatable bonds is 8. The number of aliphatic imine (C=N–C) groups is 1. The summed E-state index contributed by atoms with van der Waals surface area (Å²) in [7, 11) is 0. The second kappa shape index (κ2) is 13.3. The van der Waals surface area contributed by atoms with E-state index in [0.29, 0.717) is 40.3 Å². The molecule has 1 saturated heterocycles. The maximum atomic E-state index is 13.2. The van der Waals surface area contributed by atoms with Gasteiger partial charge in [0.15, 0.2) is 5.17 Å². The number of amidine groups is 1. The molecule has 0 bridgehead atoms. The zero-order valence-electron chi connectivity index (χ0n) is 18.9. The Bertz CT molecular complexity index is 1220. The van der Waals surface area contributed by atoms with Gasteiger partial charge in [-0.05, 0) is 53.9 Å². The molecule has 1 fully saturated rings. The van der Waals surface area contributed by atoms with Crippen LogP contribution in [0.5, 0.6) is 0 Å². The molecular formula is C27H24BrClN3O2S-. The van der Waals surface area contributed by atoms with Crippen molar-refractivity contribution in [1.82, 2.24) is 4.90 Å². The summed E-state index contributed by atoms with van der Waals surface area (Å²) in [6, 6.07) is 27.0. The van der Waals surface area contributed by atoms with Crippen molar-refractivity contribution in [2.24, 2.45) is 4.99 Å². The third-order valence-corrected chi connectivity index (χ3v) is 6.48. The SMILES string of the molecule is O=C(/C=C1/SC(=NCCc2ccccc2)N(CCc2ccccc2)C1=O)Nc1cccc(Cl)c1.[Br-]. The molecule has 0 unspecified atom stereocenters. The Kier molecular flexibility index (Phi) is 10.1. The number of benzene rings is 3. The van der Waals surface area contributed by atoms with Gasteiger partial charge in [0.05, 0.1) is 4.91 Å². The second-order valence-corrected chi connectivity index (χ2v) is 9.15. The minimum absolute atomic E-state index is 0. The molecule has 0 saturated carbocycles. The summed E-state index contributed by atoms with van der Waals surface area (Å²) >= 11 is 7.23. The van der Waals surface area contributed by atoms with Gasteiger partial charge in [0.2, 0.25) is 5.91 Å². The van der Waals surface area contributed by atoms with Gasteiger partial charge in [0, 0.05) is 29.9 Å². The van der Waals surface area contributed by atoms with Crippen LogP contribution in [0.25, 0.3) is 0 Å². The van der Waals surface area contributed by atoms with Crippen molar-refractivity contribution in [3.8, 4) is 0 Å². The minimum Gasteiger partial charge on any atom is -1.00 e. The fraction of sp³-hybridized carbons (Fsp3) is 0.148. The number of hydrogen-bond donors (Lipinski definition) is 1. The third-order valence-electron chi connectivity index (χ3n) is 5.20. The van der Waals surface area contributed by atoms with Gasteiger partial charge in [0.1, 0.15) is 0 Å². The molecular weight excluding hydrogens is 546 g/mol. The van der Waals surface area contributed by atoms with E-state index < -0.39 is 0 Å². The minimum atomic E-state index is -0.383. The van der Waals surface area contributed by atoms with Crippen LogP contribution in [0.4, 0.5) is 5.69 Å². The first kappa shape index (κ1) is 26.7. The molecule has 3 aromatic carbocycles. The Balaban J connectivity index is 0.00000342. The van der Waals surface area contributed by atoms with Crippen molar-refractivity contribution >= 4 is 46.0 Å². The van der Waals surface area contributed by atoms with Gasteiger partial charge in [-0.2, -0.15) is 0 Å². The number of carbonyl (C=O) groups is 2. The molecule has 0 aromatic heterocycles. The predicted molar refractivity (Wildman–Crippen MR) is 140 cm³/mol. The van der Waals surface area contributed by atoms with E-state index in [9.17, 15) is 9.59 Å². The van der Waals surface area contributed by atoms with E-state index in [1.807, 2.05) is 48.5 Å². The standard InChI is InChI=1S/C27H24ClN3O2S.BrH/c28-22-12-7-13-23(18-22)30-25(32)19-24-26(33)31(17-15-21-10-5-2-6-11-21)27(34-24)29-16-14-20-8-3-1-4-9-20;/h1-13,18-19H,14-17H2,(H,30,32);1H/p-1/b24-19+,29-27?;. The Morgan fingerprint density at radius 2 is 1.60 bits per heavy atom. The van der Waals surface area contributed by atoms with Gasteiger partial charge in [-0.3, -0.25) is 19.5 Å². The number of halogens is 2. The van der Waals surface area contributed by atoms with Crippen molar-refractivity contribution in [2.75, 3.05) is 18.4 Å². The summed E-state index contributed by atoms with van der Waals surface area (Å²) in [6.07, 6.45) is 2.82. The summed E-state index contributed by atoms with van der Waals surface area (Å²) in [4.78, 5) is 32.5. The average molecular weight is 570 g/mol. The molecule has 180 valence electrons. The molecule has 1 heterocycles. The molecule has 1 N–H and O–H groups in total. The fourth-order valence-corrected chi connectivity index (χ4v) is 4.69. The quantitative estimate of drug-likeness (QED) is 0.425. The molecule has 4 rings (SSSR count). The van der Waals surface area contributed by atoms with Crippen molar-refractivity contribution in [1.29, 1.82) is 0 Å². The Morgan fingerprint density at radius 1 is 0.943 bits per heavy atom. The van der Waals surface area contributed by atoms with Gasteiger partial charge in [0.25, 0.3) is 5.91 Å². The van der Waals surface area contributed by atoms with Crippen molar-refractivity contribution < 1.29 is 26.6 Å². The van der Waals surface area contributed by atoms with Crippen LogP contribution in [0.3, 0.4) is 0 Å². The number of thioether (sulfide) groups is 1. The highest BCUT2D eigenvalue weighted by Gasteiger charge is 2.33. The lowest BCUT2D eigenvalue weighted by Gasteiger charge is -2.15. The molecule has 1 aliphatic heterocycles. The first-order valence-electron chi connectivity index (χ1n) is 11.0. The van der Waals surface area contributed by atoms with Gasteiger partial charge >= 0.3 is 0 Å². The topological polar surface area (TPSA) is 61.8 Å². The summed E-state index contributed by atoms with van der Waals surface area (Å²) in [5, 5.41) is 3.91. The van der Waals surface area contributed by atoms with Gasteiger partial charge in [-0.15, -0.1) is 0 Å².